The van der Waals surface area contributed by atoms with Crippen LogP contribution in [-0.4, -0.2) is 15.9 Å². The first-order chi connectivity index (χ1) is 8.19. The molecule has 5 nitrogen and oxygen atoms in total. The quantitative estimate of drug-likeness (QED) is 0.541. The lowest BCUT2D eigenvalue weighted by Crippen LogP contribution is -2.22. The molecule has 1 aromatic rings. The molecule has 1 heterocycles. The fraction of sp³-hybridized carbons (Fsp3) is 0.667. The van der Waals surface area contributed by atoms with Gasteiger partial charge in [-0.3, -0.25) is 0 Å². The van der Waals surface area contributed by atoms with E-state index in [2.05, 4.69) is 21.9 Å². The first-order valence-electron chi connectivity index (χ1n) is 6.36. The van der Waals surface area contributed by atoms with Gasteiger partial charge in [0.2, 0.25) is 5.95 Å². The van der Waals surface area contributed by atoms with Crippen molar-refractivity contribution in [2.45, 2.75) is 46.5 Å². The van der Waals surface area contributed by atoms with Crippen LogP contribution in [0.15, 0.2) is 4.99 Å². The Bertz CT molecular complexity index is 376. The lowest BCUT2D eigenvalue weighted by Gasteiger charge is -2.18. The Morgan fingerprint density at radius 2 is 2.18 bits per heavy atom. The molecule has 1 aliphatic carbocycles. The number of aliphatic imine (C=N–C) groups is 1. The second-order valence-corrected chi connectivity index (χ2v) is 4.04. The van der Waals surface area contributed by atoms with Gasteiger partial charge in [0.05, 0.1) is 5.69 Å². The van der Waals surface area contributed by atoms with Crippen molar-refractivity contribution in [3.8, 4) is 0 Å². The van der Waals surface area contributed by atoms with Gasteiger partial charge in [0.25, 0.3) is 0 Å². The minimum Gasteiger partial charge on any atom is -0.370 e. The van der Waals surface area contributed by atoms with Crippen LogP contribution >= 0.6 is 0 Å². The number of guanidine groups is 1. The number of rotatable bonds is 2. The first-order valence-corrected chi connectivity index (χ1v) is 6.36. The summed E-state index contributed by atoms with van der Waals surface area (Å²) in [6.07, 6.45) is 4.54. The third-order valence-electron chi connectivity index (χ3n) is 2.95. The van der Waals surface area contributed by atoms with Crippen LogP contribution in [0.25, 0.3) is 0 Å². The second kappa shape index (κ2) is 6.27. The molecule has 5 N–H and O–H groups in total. The summed E-state index contributed by atoms with van der Waals surface area (Å²) in [7, 11) is 0. The van der Waals surface area contributed by atoms with Gasteiger partial charge in [0, 0.05) is 5.69 Å². The molecular formula is C12H23N5. The molecule has 0 fully saturated rings. The van der Waals surface area contributed by atoms with Crippen LogP contribution in [0, 0.1) is 5.92 Å². The van der Waals surface area contributed by atoms with Crippen molar-refractivity contribution in [2.24, 2.45) is 22.4 Å². The monoisotopic (exact) mass is 237 g/mol. The van der Waals surface area contributed by atoms with Gasteiger partial charge in [-0.1, -0.05) is 27.2 Å². The van der Waals surface area contributed by atoms with E-state index in [0.717, 1.165) is 24.5 Å². The van der Waals surface area contributed by atoms with Gasteiger partial charge in [-0.25, -0.2) is 4.98 Å². The molecule has 0 aliphatic heterocycles. The van der Waals surface area contributed by atoms with Crippen molar-refractivity contribution in [3.05, 3.63) is 11.4 Å². The van der Waals surface area contributed by atoms with Crippen molar-refractivity contribution in [2.75, 3.05) is 0 Å². The van der Waals surface area contributed by atoms with E-state index in [1.54, 1.807) is 0 Å². The predicted octanol–water partition coefficient (Wildman–Crippen LogP) is 1.86. The van der Waals surface area contributed by atoms with E-state index in [4.69, 9.17) is 11.5 Å². The van der Waals surface area contributed by atoms with E-state index in [1.165, 1.54) is 18.5 Å². The predicted molar refractivity (Wildman–Crippen MR) is 71.2 cm³/mol. The number of aryl methyl sites for hydroxylation is 1. The number of nitrogens with zero attached hydrogens (tertiary/aromatic N) is 2. The highest BCUT2D eigenvalue weighted by molar-refractivity contribution is 5.77. The summed E-state index contributed by atoms with van der Waals surface area (Å²) in [5.41, 5.74) is 12.9. The lowest BCUT2D eigenvalue weighted by atomic mass is 9.88. The number of aromatic nitrogens is 2. The number of nitrogens with one attached hydrogen (secondary N) is 1. The van der Waals surface area contributed by atoms with E-state index in [1.807, 2.05) is 13.8 Å². The average Bonchev–Trinajstić information content (AvgIpc) is 2.71. The SMILES string of the molecule is CC.CCC1CCc2nc(N=C(N)N)[nH]c2C1. The van der Waals surface area contributed by atoms with Crippen LogP contribution < -0.4 is 11.5 Å². The Balaban J connectivity index is 0.000000686. The van der Waals surface area contributed by atoms with Gasteiger partial charge in [0.15, 0.2) is 5.96 Å². The summed E-state index contributed by atoms with van der Waals surface area (Å²) >= 11 is 0. The molecule has 1 aliphatic rings. The van der Waals surface area contributed by atoms with Gasteiger partial charge in [-0.15, -0.1) is 0 Å². The molecule has 0 amide bonds. The minimum atomic E-state index is 0.0492. The standard InChI is InChI=1S/C10H17N5.C2H6/c1-2-6-3-4-7-8(5-6)14-10(13-7)15-9(11)12;1-2/h6H,2-5H2,1H3,(H5,11,12,13,14,15);1-2H3. The van der Waals surface area contributed by atoms with Crippen molar-refractivity contribution in [1.82, 2.24) is 9.97 Å². The summed E-state index contributed by atoms with van der Waals surface area (Å²) in [5, 5.41) is 0. The van der Waals surface area contributed by atoms with Gasteiger partial charge in [-0.2, -0.15) is 4.99 Å². The molecule has 1 aromatic heterocycles. The molecule has 2 rings (SSSR count). The smallest absolute Gasteiger partial charge is 0.230 e. The van der Waals surface area contributed by atoms with E-state index in [9.17, 15) is 0 Å². The summed E-state index contributed by atoms with van der Waals surface area (Å²) in [6, 6.07) is 0. The largest absolute Gasteiger partial charge is 0.370 e. The first kappa shape index (κ1) is 13.5. The number of aromatic amines is 1. The zero-order chi connectivity index (χ0) is 12.8. The van der Waals surface area contributed by atoms with E-state index in [0.29, 0.717) is 5.95 Å². The molecule has 5 heteroatoms. The summed E-state index contributed by atoms with van der Waals surface area (Å²) in [5.74, 6) is 1.36. The van der Waals surface area contributed by atoms with Crippen LogP contribution in [0.4, 0.5) is 5.95 Å². The van der Waals surface area contributed by atoms with Crippen molar-refractivity contribution < 1.29 is 0 Å². The van der Waals surface area contributed by atoms with Gasteiger partial charge < -0.3 is 16.5 Å². The molecule has 17 heavy (non-hydrogen) atoms. The Morgan fingerprint density at radius 1 is 1.47 bits per heavy atom. The Kier molecular flexibility index (Phi) is 5.00. The summed E-state index contributed by atoms with van der Waals surface area (Å²) in [4.78, 5) is 11.4. The maximum absolute atomic E-state index is 5.30. The van der Waals surface area contributed by atoms with Crippen molar-refractivity contribution >= 4 is 11.9 Å². The number of H-pyrrole nitrogens is 1. The van der Waals surface area contributed by atoms with Crippen molar-refractivity contribution in [3.63, 3.8) is 0 Å². The summed E-state index contributed by atoms with van der Waals surface area (Å²) < 4.78 is 0. The van der Waals surface area contributed by atoms with Gasteiger partial charge in [0.1, 0.15) is 0 Å². The zero-order valence-corrected chi connectivity index (χ0v) is 11.0. The Hall–Kier alpha value is -1.52. The highest BCUT2D eigenvalue weighted by Crippen LogP contribution is 2.27. The van der Waals surface area contributed by atoms with Gasteiger partial charge in [-0.05, 0) is 25.2 Å². The Labute approximate surface area is 103 Å². The number of hydrogen-bond acceptors (Lipinski definition) is 2. The molecule has 0 aromatic carbocycles. The van der Waals surface area contributed by atoms with Crippen LogP contribution in [0.1, 0.15) is 45.0 Å². The van der Waals surface area contributed by atoms with E-state index in [-0.39, 0.29) is 5.96 Å². The van der Waals surface area contributed by atoms with Gasteiger partial charge >= 0.3 is 0 Å². The second-order valence-electron chi connectivity index (χ2n) is 4.04. The molecule has 0 spiro atoms. The lowest BCUT2D eigenvalue weighted by molar-refractivity contribution is 0.438. The summed E-state index contributed by atoms with van der Waals surface area (Å²) in [6.45, 7) is 6.23. The molecule has 1 atom stereocenters. The normalized spacial score (nSPS) is 17.7. The van der Waals surface area contributed by atoms with E-state index >= 15 is 0 Å². The van der Waals surface area contributed by atoms with Crippen molar-refractivity contribution in [1.29, 1.82) is 0 Å². The van der Waals surface area contributed by atoms with Crippen LogP contribution in [0.3, 0.4) is 0 Å². The molecule has 1 unspecified atom stereocenters. The molecule has 0 saturated carbocycles. The number of hydrogen-bond donors (Lipinski definition) is 3. The average molecular weight is 237 g/mol. The highest BCUT2D eigenvalue weighted by Gasteiger charge is 2.20. The fourth-order valence-electron chi connectivity index (χ4n) is 2.06. The molecule has 0 bridgehead atoms. The maximum atomic E-state index is 5.30. The van der Waals surface area contributed by atoms with Crippen LogP contribution in [-0.2, 0) is 12.8 Å². The van der Waals surface area contributed by atoms with Crippen LogP contribution in [0.2, 0.25) is 0 Å². The molecule has 96 valence electrons. The molecule has 0 saturated heterocycles. The molecular weight excluding hydrogens is 214 g/mol. The minimum absolute atomic E-state index is 0.0492. The third kappa shape index (κ3) is 3.47. The third-order valence-corrected chi connectivity index (χ3v) is 2.95. The highest BCUT2D eigenvalue weighted by atomic mass is 15.1. The van der Waals surface area contributed by atoms with Crippen LogP contribution in [0.5, 0.6) is 0 Å². The number of nitrogens with two attached hydrogens (primary N) is 2. The zero-order valence-electron chi connectivity index (χ0n) is 11.0. The maximum Gasteiger partial charge on any atom is 0.230 e. The Morgan fingerprint density at radius 3 is 2.76 bits per heavy atom. The topological polar surface area (TPSA) is 93.1 Å². The fourth-order valence-corrected chi connectivity index (χ4v) is 2.06. The van der Waals surface area contributed by atoms with E-state index < -0.39 is 0 Å². The number of fused-ring (bicyclic) bond motifs is 1. The molecule has 0 radical (unpaired) electrons. The number of imidazole rings is 1.